The molecule has 0 aliphatic rings. The molecule has 2 aromatic heterocycles. The highest BCUT2D eigenvalue weighted by Crippen LogP contribution is 2.20. The van der Waals surface area contributed by atoms with E-state index >= 15 is 0 Å². The van der Waals surface area contributed by atoms with Crippen LogP contribution in [-0.4, -0.2) is 36.4 Å². The number of carbonyl (C=O) groups excluding carboxylic acids is 1. The fraction of sp³-hybridized carbons (Fsp3) is 0.125. The highest BCUT2D eigenvalue weighted by atomic mass is 32.2. The molecule has 0 radical (unpaired) electrons. The summed E-state index contributed by atoms with van der Waals surface area (Å²) in [6, 6.07) is 16.4. The van der Waals surface area contributed by atoms with Crippen molar-refractivity contribution in [1.29, 1.82) is 0 Å². The first-order valence-electron chi connectivity index (χ1n) is 10.6. The number of nitrogens with two attached hydrogens (primary N) is 1. The maximum absolute atomic E-state index is 12.6. The molecule has 0 unspecified atom stereocenters. The van der Waals surface area contributed by atoms with Gasteiger partial charge in [0, 0.05) is 17.4 Å². The van der Waals surface area contributed by atoms with E-state index in [-0.39, 0.29) is 23.8 Å². The molecule has 2 aromatic carbocycles. The van der Waals surface area contributed by atoms with E-state index in [1.165, 1.54) is 19.2 Å². The van der Waals surface area contributed by atoms with Crippen LogP contribution in [0.1, 0.15) is 11.3 Å². The Kier molecular flexibility index (Phi) is 6.97. The molecule has 1 amide bonds. The predicted octanol–water partition coefficient (Wildman–Crippen LogP) is 2.72. The molecule has 0 atom stereocenters. The Hall–Kier alpha value is -4.38. The number of nitrogen functional groups attached to an aromatic ring is 1. The summed E-state index contributed by atoms with van der Waals surface area (Å²) in [7, 11) is -2.22. The lowest BCUT2D eigenvalue weighted by Crippen LogP contribution is -2.25. The van der Waals surface area contributed by atoms with Crippen LogP contribution < -0.4 is 20.5 Å². The van der Waals surface area contributed by atoms with E-state index in [2.05, 4.69) is 25.0 Å². The summed E-state index contributed by atoms with van der Waals surface area (Å²) in [6.45, 7) is 0.282. The number of imidazole rings is 1. The summed E-state index contributed by atoms with van der Waals surface area (Å²) in [4.78, 5) is 23.7. The molecule has 0 fully saturated rings. The Morgan fingerprint density at radius 2 is 1.74 bits per heavy atom. The lowest BCUT2D eigenvalue weighted by molar-refractivity contribution is -0.120. The molecule has 5 N–H and O–H groups in total. The number of ether oxygens (including phenoxy) is 1. The van der Waals surface area contributed by atoms with Gasteiger partial charge in [0.2, 0.25) is 5.91 Å². The number of nitrogens with one attached hydrogen (secondary N) is 3. The first-order chi connectivity index (χ1) is 16.8. The third-order valence-corrected chi connectivity index (χ3v) is 6.54. The van der Waals surface area contributed by atoms with Gasteiger partial charge in [0.05, 0.1) is 42.6 Å². The quantitative estimate of drug-likeness (QED) is 0.280. The van der Waals surface area contributed by atoms with Crippen LogP contribution in [0.25, 0.3) is 11.3 Å². The van der Waals surface area contributed by atoms with Gasteiger partial charge in [0.1, 0.15) is 5.75 Å². The Morgan fingerprint density at radius 1 is 1.00 bits per heavy atom. The van der Waals surface area contributed by atoms with Gasteiger partial charge in [-0.25, -0.2) is 13.4 Å². The topological polar surface area (TPSA) is 152 Å². The van der Waals surface area contributed by atoms with Crippen molar-refractivity contribution in [3.05, 3.63) is 84.3 Å². The third kappa shape index (κ3) is 6.15. The smallest absolute Gasteiger partial charge is 0.261 e. The lowest BCUT2D eigenvalue weighted by atomic mass is 10.1. The summed E-state index contributed by atoms with van der Waals surface area (Å²) >= 11 is 0. The first-order valence-corrected chi connectivity index (χ1v) is 12.1. The van der Waals surface area contributed by atoms with Crippen molar-refractivity contribution >= 4 is 27.6 Å². The van der Waals surface area contributed by atoms with Gasteiger partial charge in [-0.3, -0.25) is 14.5 Å². The van der Waals surface area contributed by atoms with Crippen LogP contribution in [0.2, 0.25) is 0 Å². The molecule has 4 aromatic rings. The van der Waals surface area contributed by atoms with Crippen molar-refractivity contribution in [2.75, 3.05) is 17.6 Å². The highest BCUT2D eigenvalue weighted by Gasteiger charge is 2.14. The van der Waals surface area contributed by atoms with E-state index in [4.69, 9.17) is 10.5 Å². The van der Waals surface area contributed by atoms with Crippen molar-refractivity contribution in [2.24, 2.45) is 0 Å². The summed E-state index contributed by atoms with van der Waals surface area (Å²) in [5.41, 5.74) is 9.04. The van der Waals surface area contributed by atoms with Crippen LogP contribution in [0.3, 0.4) is 0 Å². The number of anilines is 2. The third-order valence-electron chi connectivity index (χ3n) is 5.14. The molecule has 0 aliphatic heterocycles. The van der Waals surface area contributed by atoms with Crippen LogP contribution in [0.4, 0.5) is 11.6 Å². The Morgan fingerprint density at radius 3 is 2.34 bits per heavy atom. The zero-order valence-electron chi connectivity index (χ0n) is 18.9. The van der Waals surface area contributed by atoms with Gasteiger partial charge in [0.15, 0.2) is 5.95 Å². The zero-order valence-corrected chi connectivity index (χ0v) is 19.7. The summed E-state index contributed by atoms with van der Waals surface area (Å²) in [5, 5.41) is 2.83. The zero-order chi connectivity index (χ0) is 24.8. The van der Waals surface area contributed by atoms with Crippen LogP contribution in [0, 0.1) is 0 Å². The number of hydrogen-bond acceptors (Lipinski definition) is 7. The Labute approximate surface area is 202 Å². The van der Waals surface area contributed by atoms with E-state index in [9.17, 15) is 13.2 Å². The first kappa shape index (κ1) is 23.8. The molecular weight excluding hydrogens is 468 g/mol. The van der Waals surface area contributed by atoms with Crippen LogP contribution in [0.15, 0.2) is 78.0 Å². The van der Waals surface area contributed by atoms with Gasteiger partial charge in [-0.05, 0) is 54.1 Å². The van der Waals surface area contributed by atoms with Gasteiger partial charge in [-0.1, -0.05) is 12.1 Å². The second-order valence-corrected chi connectivity index (χ2v) is 9.33. The van der Waals surface area contributed by atoms with E-state index in [1.54, 1.807) is 48.8 Å². The van der Waals surface area contributed by atoms with Gasteiger partial charge < -0.3 is 20.8 Å². The number of pyridine rings is 1. The largest absolute Gasteiger partial charge is 0.497 e. The molecule has 11 heteroatoms. The van der Waals surface area contributed by atoms with Crippen molar-refractivity contribution < 1.29 is 17.9 Å². The molecule has 0 saturated heterocycles. The van der Waals surface area contributed by atoms with E-state index in [0.29, 0.717) is 23.1 Å². The number of aromatic nitrogens is 3. The van der Waals surface area contributed by atoms with Crippen LogP contribution >= 0.6 is 0 Å². The number of methoxy groups -OCH3 is 1. The molecule has 0 aliphatic carbocycles. The summed E-state index contributed by atoms with van der Waals surface area (Å²) in [6.07, 6.45) is 3.46. The minimum absolute atomic E-state index is 0.122. The Balaban J connectivity index is 1.29. The number of aromatic amines is 1. The van der Waals surface area contributed by atoms with Crippen molar-refractivity contribution in [2.45, 2.75) is 17.9 Å². The molecule has 0 spiro atoms. The summed E-state index contributed by atoms with van der Waals surface area (Å²) in [5.74, 6) is 0.724. The average Bonchev–Trinajstić information content (AvgIpc) is 3.30. The number of H-pyrrole nitrogens is 1. The maximum Gasteiger partial charge on any atom is 0.261 e. The molecule has 180 valence electrons. The minimum atomic E-state index is -3.74. The van der Waals surface area contributed by atoms with Crippen LogP contribution in [-0.2, 0) is 27.8 Å². The van der Waals surface area contributed by atoms with Crippen LogP contribution in [0.5, 0.6) is 5.75 Å². The molecular formula is C24H24N6O4S. The number of nitrogens with zero attached hydrogens (tertiary/aromatic N) is 2. The number of carbonyl (C=O) groups is 1. The standard InChI is InChI=1S/C24H24N6O4S/c1-34-20-8-10-21(11-9-20)35(32,33)30-18-5-2-16(3-6-18)12-23(31)27-14-19-7-4-17(13-26-19)22-15-28-24(25)29-22/h2-11,13,15,30H,12,14H2,1H3,(H,27,31)(H3,25,28,29). The fourth-order valence-corrected chi connectivity index (χ4v) is 4.33. The van der Waals surface area contributed by atoms with Crippen molar-refractivity contribution in [3.8, 4) is 17.0 Å². The SMILES string of the molecule is COc1ccc(S(=O)(=O)Nc2ccc(CC(=O)NCc3ccc(-c4cnc(N)[nH]4)cn3)cc2)cc1. The van der Waals surface area contributed by atoms with E-state index in [1.807, 2.05) is 12.1 Å². The predicted molar refractivity (Wildman–Crippen MR) is 132 cm³/mol. The fourth-order valence-electron chi connectivity index (χ4n) is 3.27. The molecule has 2 heterocycles. The molecule has 35 heavy (non-hydrogen) atoms. The monoisotopic (exact) mass is 492 g/mol. The van der Waals surface area contributed by atoms with Crippen molar-refractivity contribution in [3.63, 3.8) is 0 Å². The average molecular weight is 493 g/mol. The number of benzene rings is 2. The molecule has 4 rings (SSSR count). The second kappa shape index (κ2) is 10.3. The molecule has 10 nitrogen and oxygen atoms in total. The van der Waals surface area contributed by atoms with E-state index < -0.39 is 10.0 Å². The second-order valence-electron chi connectivity index (χ2n) is 7.65. The molecule has 0 bridgehead atoms. The highest BCUT2D eigenvalue weighted by molar-refractivity contribution is 7.92. The Bertz CT molecular complexity index is 1400. The number of amides is 1. The van der Waals surface area contributed by atoms with Gasteiger partial charge in [0.25, 0.3) is 10.0 Å². The maximum atomic E-state index is 12.6. The molecule has 0 saturated carbocycles. The normalized spacial score (nSPS) is 11.1. The van der Waals surface area contributed by atoms with Crippen molar-refractivity contribution in [1.82, 2.24) is 20.3 Å². The van der Waals surface area contributed by atoms with Gasteiger partial charge in [-0.2, -0.15) is 0 Å². The lowest BCUT2D eigenvalue weighted by Gasteiger charge is -2.10. The minimum Gasteiger partial charge on any atom is -0.497 e. The number of hydrogen-bond donors (Lipinski definition) is 4. The number of sulfonamides is 1. The number of rotatable bonds is 9. The van der Waals surface area contributed by atoms with Gasteiger partial charge in [-0.15, -0.1) is 0 Å². The van der Waals surface area contributed by atoms with E-state index in [0.717, 1.165) is 16.8 Å². The van der Waals surface area contributed by atoms with Gasteiger partial charge >= 0.3 is 0 Å². The summed E-state index contributed by atoms with van der Waals surface area (Å²) < 4.78 is 32.7.